The zero-order valence-electron chi connectivity index (χ0n) is 8.06. The molecule has 0 aromatic carbocycles. The number of carbonyl (C=O) groups is 2. The molecule has 5 nitrogen and oxygen atoms in total. The summed E-state index contributed by atoms with van der Waals surface area (Å²) in [6.07, 6.45) is 1.05. The molecule has 1 atom stereocenters. The van der Waals surface area contributed by atoms with Gasteiger partial charge in [-0.25, -0.2) is 0 Å². The van der Waals surface area contributed by atoms with Gasteiger partial charge >= 0.3 is 11.9 Å². The largest absolute Gasteiger partial charge is 0.480 e. The number of hydrogen-bond donors (Lipinski definition) is 2. The first-order valence-electron chi connectivity index (χ1n) is 4.21. The Kier molecular flexibility index (Phi) is 7.23. The molecule has 0 heterocycles. The molecule has 0 aliphatic rings. The second-order valence-corrected chi connectivity index (χ2v) is 3.85. The molecule has 0 fully saturated rings. The highest BCUT2D eigenvalue weighted by Gasteiger charge is 2.10. The van der Waals surface area contributed by atoms with Crippen LogP contribution in [-0.2, 0) is 14.3 Å². The summed E-state index contributed by atoms with van der Waals surface area (Å²) in [5, 5.41) is 8.45. The minimum Gasteiger partial charge on any atom is -0.480 e. The van der Waals surface area contributed by atoms with Gasteiger partial charge in [0.25, 0.3) is 0 Å². The van der Waals surface area contributed by atoms with Gasteiger partial charge in [0.1, 0.15) is 6.04 Å². The minimum atomic E-state index is -0.995. The van der Waals surface area contributed by atoms with Gasteiger partial charge in [-0.2, -0.15) is 11.8 Å². The molecule has 6 heteroatoms. The number of carbonyl (C=O) groups excluding carboxylic acids is 1. The van der Waals surface area contributed by atoms with Gasteiger partial charge in [-0.05, 0) is 12.2 Å². The van der Waals surface area contributed by atoms with Crippen molar-refractivity contribution >= 4 is 23.7 Å². The fraction of sp³-hybridized carbons (Fsp3) is 0.750. The molecule has 0 saturated carbocycles. The van der Waals surface area contributed by atoms with E-state index in [2.05, 4.69) is 4.74 Å². The third-order valence-electron chi connectivity index (χ3n) is 1.51. The van der Waals surface area contributed by atoms with Crippen molar-refractivity contribution in [1.29, 1.82) is 0 Å². The number of esters is 1. The van der Waals surface area contributed by atoms with Crippen molar-refractivity contribution < 1.29 is 19.4 Å². The van der Waals surface area contributed by atoms with E-state index < -0.39 is 12.0 Å². The van der Waals surface area contributed by atoms with Crippen LogP contribution in [0.2, 0.25) is 0 Å². The highest BCUT2D eigenvalue weighted by atomic mass is 32.2. The lowest BCUT2D eigenvalue weighted by atomic mass is 10.3. The third-order valence-corrected chi connectivity index (χ3v) is 2.68. The van der Waals surface area contributed by atoms with E-state index in [0.29, 0.717) is 18.6 Å². The number of nitrogens with two attached hydrogens (primary N) is 1. The number of methoxy groups -OCH3 is 1. The normalized spacial score (nSPS) is 12.1. The van der Waals surface area contributed by atoms with Crippen LogP contribution in [0.1, 0.15) is 12.8 Å². The van der Waals surface area contributed by atoms with Gasteiger partial charge in [-0.3, -0.25) is 9.59 Å². The second-order valence-electron chi connectivity index (χ2n) is 2.70. The molecule has 0 aromatic rings. The summed E-state index contributed by atoms with van der Waals surface area (Å²) >= 11 is 1.43. The van der Waals surface area contributed by atoms with Crippen LogP contribution in [-0.4, -0.2) is 41.7 Å². The van der Waals surface area contributed by atoms with E-state index >= 15 is 0 Å². The van der Waals surface area contributed by atoms with Crippen molar-refractivity contribution in [3.05, 3.63) is 0 Å². The van der Waals surface area contributed by atoms with Gasteiger partial charge in [0.05, 0.1) is 7.11 Å². The SMILES string of the molecule is COC(=O)CCCSC[C@@H](N)C(=O)O. The Morgan fingerprint density at radius 2 is 2.21 bits per heavy atom. The van der Waals surface area contributed by atoms with Crippen molar-refractivity contribution in [3.8, 4) is 0 Å². The van der Waals surface area contributed by atoms with Gasteiger partial charge in [0.15, 0.2) is 0 Å². The number of thioether (sulfide) groups is 1. The third kappa shape index (κ3) is 6.73. The van der Waals surface area contributed by atoms with Crippen LogP contribution in [0.5, 0.6) is 0 Å². The molecule has 0 amide bonds. The quantitative estimate of drug-likeness (QED) is 0.467. The van der Waals surface area contributed by atoms with Crippen LogP contribution in [0.4, 0.5) is 0 Å². The monoisotopic (exact) mass is 221 g/mol. The smallest absolute Gasteiger partial charge is 0.321 e. The lowest BCUT2D eigenvalue weighted by Gasteiger charge is -2.05. The lowest BCUT2D eigenvalue weighted by Crippen LogP contribution is -2.32. The maximum absolute atomic E-state index is 10.7. The summed E-state index contributed by atoms with van der Waals surface area (Å²) in [7, 11) is 1.34. The average Bonchev–Trinajstić information content (AvgIpc) is 2.16. The fourth-order valence-electron chi connectivity index (χ4n) is 0.702. The Balaban J connectivity index is 3.30. The van der Waals surface area contributed by atoms with Gasteiger partial charge in [-0.1, -0.05) is 0 Å². The van der Waals surface area contributed by atoms with Crippen LogP contribution >= 0.6 is 11.8 Å². The Hall–Kier alpha value is -0.750. The van der Waals surface area contributed by atoms with Crippen molar-refractivity contribution in [2.75, 3.05) is 18.6 Å². The number of hydrogen-bond acceptors (Lipinski definition) is 5. The molecule has 14 heavy (non-hydrogen) atoms. The Morgan fingerprint density at radius 1 is 1.57 bits per heavy atom. The van der Waals surface area contributed by atoms with Crippen molar-refractivity contribution in [2.24, 2.45) is 5.73 Å². The van der Waals surface area contributed by atoms with E-state index in [1.807, 2.05) is 0 Å². The van der Waals surface area contributed by atoms with Crippen LogP contribution in [0.15, 0.2) is 0 Å². The van der Waals surface area contributed by atoms with E-state index in [4.69, 9.17) is 10.8 Å². The van der Waals surface area contributed by atoms with E-state index in [1.54, 1.807) is 0 Å². The van der Waals surface area contributed by atoms with Gasteiger partial charge in [-0.15, -0.1) is 0 Å². The van der Waals surface area contributed by atoms with Gasteiger partial charge in [0.2, 0.25) is 0 Å². The first-order chi connectivity index (χ1) is 6.57. The van der Waals surface area contributed by atoms with Crippen LogP contribution < -0.4 is 5.73 Å². The molecule has 0 saturated heterocycles. The molecule has 0 spiro atoms. The standard InChI is InChI=1S/C8H15NO4S/c1-13-7(10)3-2-4-14-5-6(9)8(11)12/h6H,2-5,9H2,1H3,(H,11,12)/t6-/m1/s1. The van der Waals surface area contributed by atoms with Gasteiger partial charge < -0.3 is 15.6 Å². The molecule has 3 N–H and O–H groups in total. The van der Waals surface area contributed by atoms with Gasteiger partial charge in [0, 0.05) is 12.2 Å². The Morgan fingerprint density at radius 3 is 2.71 bits per heavy atom. The predicted octanol–water partition coefficient (Wildman–Crippen LogP) is 0.0847. The molecular weight excluding hydrogens is 206 g/mol. The molecule has 0 rings (SSSR count). The summed E-state index contributed by atoms with van der Waals surface area (Å²) in [5.41, 5.74) is 5.27. The fourth-order valence-corrected chi connectivity index (χ4v) is 1.61. The van der Waals surface area contributed by atoms with Crippen molar-refractivity contribution in [1.82, 2.24) is 0 Å². The van der Waals surface area contributed by atoms with E-state index in [-0.39, 0.29) is 5.97 Å². The highest BCUT2D eigenvalue weighted by Crippen LogP contribution is 2.06. The summed E-state index contributed by atoms with van der Waals surface area (Å²) in [4.78, 5) is 21.0. The maximum Gasteiger partial charge on any atom is 0.321 e. The van der Waals surface area contributed by atoms with Crippen LogP contribution in [0.25, 0.3) is 0 Å². The minimum absolute atomic E-state index is 0.242. The molecule has 0 aromatic heterocycles. The molecule has 0 aliphatic carbocycles. The predicted molar refractivity (Wildman–Crippen MR) is 54.2 cm³/mol. The number of aliphatic carboxylic acids is 1. The van der Waals surface area contributed by atoms with Crippen LogP contribution in [0, 0.1) is 0 Å². The molecular formula is C8H15NO4S. The molecule has 0 unspecified atom stereocenters. The topological polar surface area (TPSA) is 89.6 Å². The molecule has 82 valence electrons. The molecule has 0 radical (unpaired) electrons. The average molecular weight is 221 g/mol. The Labute approximate surface area is 87.0 Å². The van der Waals surface area contributed by atoms with Crippen molar-refractivity contribution in [3.63, 3.8) is 0 Å². The zero-order valence-corrected chi connectivity index (χ0v) is 8.88. The number of carboxylic acids is 1. The summed E-state index contributed by atoms with van der Waals surface area (Å²) < 4.78 is 4.45. The lowest BCUT2D eigenvalue weighted by molar-refractivity contribution is -0.140. The second kappa shape index (κ2) is 7.64. The van der Waals surface area contributed by atoms with E-state index in [0.717, 1.165) is 5.75 Å². The molecule has 0 aliphatic heterocycles. The number of carboxylic acid groups (broad SMARTS) is 1. The molecule has 0 bridgehead atoms. The summed E-state index contributed by atoms with van der Waals surface area (Å²) in [5.74, 6) is -0.148. The number of rotatable bonds is 7. The van der Waals surface area contributed by atoms with E-state index in [1.165, 1.54) is 18.9 Å². The van der Waals surface area contributed by atoms with Crippen molar-refractivity contribution in [2.45, 2.75) is 18.9 Å². The Bertz CT molecular complexity index is 198. The van der Waals surface area contributed by atoms with E-state index in [9.17, 15) is 9.59 Å². The first kappa shape index (κ1) is 13.2. The first-order valence-corrected chi connectivity index (χ1v) is 5.36. The highest BCUT2D eigenvalue weighted by molar-refractivity contribution is 7.99. The zero-order chi connectivity index (χ0) is 11.0. The number of ether oxygens (including phenoxy) is 1. The van der Waals surface area contributed by atoms with Crippen LogP contribution in [0.3, 0.4) is 0 Å². The summed E-state index contributed by atoms with van der Waals surface area (Å²) in [6, 6.07) is -0.821. The summed E-state index contributed by atoms with van der Waals surface area (Å²) in [6.45, 7) is 0. The maximum atomic E-state index is 10.7.